The predicted molar refractivity (Wildman–Crippen MR) is 315 cm³/mol. The van der Waals surface area contributed by atoms with Gasteiger partial charge in [0.05, 0.1) is 0 Å². The second kappa shape index (κ2) is 59.6. The van der Waals surface area contributed by atoms with Crippen molar-refractivity contribution in [3.05, 3.63) is 158 Å². The molecule has 0 fully saturated rings. The van der Waals surface area contributed by atoms with Crippen LogP contribution in [0, 0.1) is 0 Å². The van der Waals surface area contributed by atoms with Gasteiger partial charge in [-0.3, -0.25) is 14.4 Å². The van der Waals surface area contributed by atoms with E-state index >= 15 is 0 Å². The largest absolute Gasteiger partial charge is 0.462 e. The molecule has 0 aromatic carbocycles. The number of carbonyl (C=O) groups excluding carboxylic acids is 3. The highest BCUT2D eigenvalue weighted by Gasteiger charge is 2.19. The standard InChI is InChI=1S/C67H104O6/c1-4-7-10-13-15-17-19-21-23-25-26-27-28-29-30-31-32-33-34-35-36-37-38-39-40-42-43-45-47-49-51-54-57-60-66(69)72-63-64(62-71-65(68)59-56-53-12-9-6-3)73-67(70)61-58-55-52-50-48-46-44-41-24-22-20-18-16-14-11-8-5-2/h7-8,10-11,15-18,21-24,26-27,29-30,32-33,35-36,38-39,42-44,46,64H,4-6,9,12-14,19-20,25,28,31,34,37,40-41,45,47-63H2,1-3H3/b10-7-,11-8-,17-15-,18-16-,23-21-,24-22-,27-26-,30-29-,33-32-,36-35-,39-38-,43-42-,46-44-. The monoisotopic (exact) mass is 1000 g/mol. The van der Waals surface area contributed by atoms with Gasteiger partial charge in [0.1, 0.15) is 13.2 Å². The summed E-state index contributed by atoms with van der Waals surface area (Å²) < 4.78 is 16.7. The number of rotatable bonds is 50. The molecule has 408 valence electrons. The Balaban J connectivity index is 4.18. The van der Waals surface area contributed by atoms with E-state index in [1.807, 2.05) is 0 Å². The SMILES string of the molecule is CC/C=C\C/C=C\C/C=C\C/C=C\C/C=C\C/C=C\C/C=C\C/C=C\C/C=C\CCCCCCCC(=O)OCC(COC(=O)CCCCCCC)OC(=O)CCCCCC/C=C\C/C=C\C/C=C\C/C=C\CC. The molecule has 0 aromatic heterocycles. The van der Waals surface area contributed by atoms with Gasteiger partial charge in [-0.15, -0.1) is 0 Å². The maximum atomic E-state index is 12.8. The summed E-state index contributed by atoms with van der Waals surface area (Å²) in [5.74, 6) is -0.969. The minimum Gasteiger partial charge on any atom is -0.462 e. The molecule has 0 spiro atoms. The quantitative estimate of drug-likeness (QED) is 0.0261. The molecule has 0 bridgehead atoms. The van der Waals surface area contributed by atoms with Gasteiger partial charge in [0.25, 0.3) is 0 Å². The maximum absolute atomic E-state index is 12.8. The average molecular weight is 1010 g/mol. The predicted octanol–water partition coefficient (Wildman–Crippen LogP) is 19.8. The molecule has 0 rings (SSSR count). The van der Waals surface area contributed by atoms with Crippen LogP contribution in [-0.4, -0.2) is 37.2 Å². The number of hydrogen-bond donors (Lipinski definition) is 0. The van der Waals surface area contributed by atoms with Crippen LogP contribution < -0.4 is 0 Å². The number of ether oxygens (including phenoxy) is 3. The zero-order valence-electron chi connectivity index (χ0n) is 46.6. The summed E-state index contributed by atoms with van der Waals surface area (Å²) in [6, 6.07) is 0. The fraction of sp³-hybridized carbons (Fsp3) is 0.567. The normalized spacial score (nSPS) is 13.3. The highest BCUT2D eigenvalue weighted by Crippen LogP contribution is 2.12. The van der Waals surface area contributed by atoms with Crippen molar-refractivity contribution in [2.75, 3.05) is 13.2 Å². The molecule has 0 aliphatic carbocycles. The topological polar surface area (TPSA) is 78.9 Å². The van der Waals surface area contributed by atoms with Gasteiger partial charge in [0, 0.05) is 19.3 Å². The lowest BCUT2D eigenvalue weighted by Crippen LogP contribution is -2.30. The minimum atomic E-state index is -0.802. The first kappa shape index (κ1) is 68.0. The highest BCUT2D eigenvalue weighted by atomic mass is 16.6. The van der Waals surface area contributed by atoms with Crippen LogP contribution in [-0.2, 0) is 28.6 Å². The van der Waals surface area contributed by atoms with Gasteiger partial charge in [0.2, 0.25) is 0 Å². The molecule has 0 radical (unpaired) electrons. The molecule has 0 aromatic rings. The summed E-state index contributed by atoms with van der Waals surface area (Å²) >= 11 is 0. The van der Waals surface area contributed by atoms with Crippen molar-refractivity contribution in [1.82, 2.24) is 0 Å². The Bertz CT molecular complexity index is 1670. The van der Waals surface area contributed by atoms with Crippen LogP contribution in [0.5, 0.6) is 0 Å². The van der Waals surface area contributed by atoms with E-state index in [2.05, 4.69) is 179 Å². The molecule has 1 atom stereocenters. The molecule has 73 heavy (non-hydrogen) atoms. The van der Waals surface area contributed by atoms with Crippen LogP contribution in [0.25, 0.3) is 0 Å². The summed E-state index contributed by atoms with van der Waals surface area (Å²) in [6.45, 7) is 6.27. The molecular weight excluding hydrogens is 901 g/mol. The van der Waals surface area contributed by atoms with E-state index in [1.54, 1.807) is 0 Å². The fourth-order valence-corrected chi connectivity index (χ4v) is 7.25. The zero-order valence-corrected chi connectivity index (χ0v) is 46.6. The van der Waals surface area contributed by atoms with E-state index in [0.717, 1.165) is 186 Å². The maximum Gasteiger partial charge on any atom is 0.306 e. The first-order valence-electron chi connectivity index (χ1n) is 29.0. The Morgan fingerprint density at radius 3 is 0.836 bits per heavy atom. The van der Waals surface area contributed by atoms with Crippen molar-refractivity contribution in [3.63, 3.8) is 0 Å². The summed E-state index contributed by atoms with van der Waals surface area (Å²) in [6.07, 6.45) is 87.1. The molecule has 0 aliphatic heterocycles. The minimum absolute atomic E-state index is 0.101. The van der Waals surface area contributed by atoms with E-state index < -0.39 is 6.10 Å². The zero-order chi connectivity index (χ0) is 52.9. The number of allylic oxidation sites excluding steroid dienone is 26. The third-order valence-electron chi connectivity index (χ3n) is 11.5. The van der Waals surface area contributed by atoms with Crippen LogP contribution >= 0.6 is 0 Å². The molecule has 0 aliphatic rings. The third kappa shape index (κ3) is 57.8. The Kier molecular flexibility index (Phi) is 55.5. The van der Waals surface area contributed by atoms with Gasteiger partial charge >= 0.3 is 17.9 Å². The second-order valence-electron chi connectivity index (χ2n) is 18.4. The first-order chi connectivity index (χ1) is 36.0. The number of carbonyl (C=O) groups is 3. The third-order valence-corrected chi connectivity index (χ3v) is 11.5. The molecule has 0 amide bonds. The molecule has 0 N–H and O–H groups in total. The summed E-state index contributed by atoms with van der Waals surface area (Å²) in [4.78, 5) is 37.8. The highest BCUT2D eigenvalue weighted by molar-refractivity contribution is 5.71. The van der Waals surface area contributed by atoms with E-state index in [1.165, 1.54) is 0 Å². The second-order valence-corrected chi connectivity index (χ2v) is 18.4. The lowest BCUT2D eigenvalue weighted by molar-refractivity contribution is -0.167. The fourth-order valence-electron chi connectivity index (χ4n) is 7.25. The van der Waals surface area contributed by atoms with Crippen molar-refractivity contribution < 1.29 is 28.6 Å². The van der Waals surface area contributed by atoms with Gasteiger partial charge in [-0.05, 0) is 128 Å². The van der Waals surface area contributed by atoms with E-state index in [9.17, 15) is 14.4 Å². The van der Waals surface area contributed by atoms with Crippen molar-refractivity contribution >= 4 is 17.9 Å². The lowest BCUT2D eigenvalue weighted by Gasteiger charge is -2.18. The van der Waals surface area contributed by atoms with E-state index in [4.69, 9.17) is 14.2 Å². The molecular formula is C67H104O6. The number of hydrogen-bond acceptors (Lipinski definition) is 6. The smallest absolute Gasteiger partial charge is 0.306 e. The summed E-state index contributed by atoms with van der Waals surface area (Å²) in [7, 11) is 0. The molecule has 0 saturated carbocycles. The van der Waals surface area contributed by atoms with E-state index in [-0.39, 0.29) is 37.5 Å². The lowest BCUT2D eigenvalue weighted by atomic mass is 10.1. The Morgan fingerprint density at radius 2 is 0.534 bits per heavy atom. The Morgan fingerprint density at radius 1 is 0.288 bits per heavy atom. The Labute approximate surface area is 448 Å². The van der Waals surface area contributed by atoms with E-state index in [0.29, 0.717) is 12.8 Å². The van der Waals surface area contributed by atoms with Crippen LogP contribution in [0.1, 0.15) is 226 Å². The number of esters is 3. The van der Waals surface area contributed by atoms with Crippen LogP contribution in [0.3, 0.4) is 0 Å². The van der Waals surface area contributed by atoms with Gasteiger partial charge in [-0.2, -0.15) is 0 Å². The van der Waals surface area contributed by atoms with Crippen LogP contribution in [0.2, 0.25) is 0 Å². The van der Waals surface area contributed by atoms with Gasteiger partial charge in [-0.1, -0.05) is 237 Å². The van der Waals surface area contributed by atoms with Crippen molar-refractivity contribution in [1.29, 1.82) is 0 Å². The summed E-state index contributed by atoms with van der Waals surface area (Å²) in [5.41, 5.74) is 0. The van der Waals surface area contributed by atoms with Gasteiger partial charge in [0.15, 0.2) is 6.10 Å². The number of unbranched alkanes of at least 4 members (excludes halogenated alkanes) is 13. The molecule has 1 unspecified atom stereocenters. The van der Waals surface area contributed by atoms with Crippen molar-refractivity contribution in [3.8, 4) is 0 Å². The molecule has 0 saturated heterocycles. The van der Waals surface area contributed by atoms with Gasteiger partial charge in [-0.25, -0.2) is 0 Å². The molecule has 6 nitrogen and oxygen atoms in total. The summed E-state index contributed by atoms with van der Waals surface area (Å²) in [5, 5.41) is 0. The van der Waals surface area contributed by atoms with Crippen molar-refractivity contribution in [2.24, 2.45) is 0 Å². The van der Waals surface area contributed by atoms with Crippen LogP contribution in [0.15, 0.2) is 158 Å². The van der Waals surface area contributed by atoms with Crippen molar-refractivity contribution in [2.45, 2.75) is 232 Å². The van der Waals surface area contributed by atoms with Gasteiger partial charge < -0.3 is 14.2 Å². The molecule has 6 heteroatoms. The van der Waals surface area contributed by atoms with Crippen LogP contribution in [0.4, 0.5) is 0 Å². The molecule has 0 heterocycles. The average Bonchev–Trinajstić information content (AvgIpc) is 3.39. The first-order valence-corrected chi connectivity index (χ1v) is 29.0. The Hall–Kier alpha value is -4.97.